The van der Waals surface area contributed by atoms with Gasteiger partial charge in [0.25, 0.3) is 0 Å². The lowest BCUT2D eigenvalue weighted by molar-refractivity contribution is -0.108. The van der Waals surface area contributed by atoms with Crippen molar-refractivity contribution in [2.45, 2.75) is 47.0 Å². The molecule has 22 heavy (non-hydrogen) atoms. The summed E-state index contributed by atoms with van der Waals surface area (Å²) in [5.41, 5.74) is 7.06. The van der Waals surface area contributed by atoms with E-state index >= 15 is 0 Å². The Morgan fingerprint density at radius 3 is 2.14 bits per heavy atom. The molecule has 0 unspecified atom stereocenters. The van der Waals surface area contributed by atoms with E-state index in [1.54, 1.807) is 6.92 Å². The first kappa shape index (κ1) is 16.4. The molecule has 0 fully saturated rings. The predicted octanol–water partition coefficient (Wildman–Crippen LogP) is 5.42. The summed E-state index contributed by atoms with van der Waals surface area (Å²) in [5.74, 6) is -0.303. The van der Waals surface area contributed by atoms with Crippen LogP contribution in [-0.4, -0.2) is 6.29 Å². The van der Waals surface area contributed by atoms with Crippen LogP contribution in [0.5, 0.6) is 0 Å². The summed E-state index contributed by atoms with van der Waals surface area (Å²) in [4.78, 5) is 10.8. The predicted molar refractivity (Wildman–Crippen MR) is 89.9 cm³/mol. The van der Waals surface area contributed by atoms with Crippen molar-refractivity contribution in [2.24, 2.45) is 0 Å². The number of benzene rings is 2. The van der Waals surface area contributed by atoms with Gasteiger partial charge in [0.05, 0.1) is 0 Å². The molecule has 0 aromatic heterocycles. The molecule has 0 bridgehead atoms. The quantitative estimate of drug-likeness (QED) is 0.689. The van der Waals surface area contributed by atoms with Crippen LogP contribution in [0.1, 0.15) is 47.1 Å². The number of rotatable bonds is 4. The molecule has 0 spiro atoms. The first-order valence-corrected chi connectivity index (χ1v) is 7.67. The van der Waals surface area contributed by atoms with Crippen molar-refractivity contribution in [3.05, 3.63) is 57.9 Å². The van der Waals surface area contributed by atoms with Gasteiger partial charge >= 0.3 is 0 Å². The Bertz CT molecular complexity index is 693. The fourth-order valence-corrected chi connectivity index (χ4v) is 3.21. The molecular weight excluding hydrogens is 275 g/mol. The molecule has 0 heterocycles. The molecule has 0 aliphatic rings. The highest BCUT2D eigenvalue weighted by Gasteiger charge is 2.16. The summed E-state index contributed by atoms with van der Waals surface area (Å²) in [6.45, 7) is 9.93. The van der Waals surface area contributed by atoms with Crippen molar-refractivity contribution < 1.29 is 9.18 Å². The van der Waals surface area contributed by atoms with Crippen molar-refractivity contribution in [1.29, 1.82) is 0 Å². The molecule has 2 rings (SSSR count). The third-order valence-corrected chi connectivity index (χ3v) is 4.23. The Morgan fingerprint density at radius 1 is 1.00 bits per heavy atom. The lowest BCUT2D eigenvalue weighted by atomic mass is 9.88. The van der Waals surface area contributed by atoms with Gasteiger partial charge in [0.2, 0.25) is 0 Å². The van der Waals surface area contributed by atoms with E-state index in [1.807, 2.05) is 19.1 Å². The molecule has 1 nitrogen and oxygen atoms in total. The Labute approximate surface area is 132 Å². The van der Waals surface area contributed by atoms with Crippen molar-refractivity contribution in [3.63, 3.8) is 0 Å². The number of hydrogen-bond acceptors (Lipinski definition) is 1. The molecule has 2 heteroatoms. The standard InChI is InChI=1S/C20H23FO/c1-12-8-14(3)19(15(4)9-12)17-10-16(5)20(21)18(11-17)13(2)6-7-22/h7-11,13H,6H2,1-5H3/t13-/m0/s1. The highest BCUT2D eigenvalue weighted by atomic mass is 19.1. The maximum absolute atomic E-state index is 14.4. The van der Waals surface area contributed by atoms with Crippen LogP contribution >= 0.6 is 0 Å². The van der Waals surface area contributed by atoms with Crippen LogP contribution in [0.2, 0.25) is 0 Å². The zero-order valence-electron chi connectivity index (χ0n) is 14.0. The van der Waals surface area contributed by atoms with E-state index < -0.39 is 0 Å². The van der Waals surface area contributed by atoms with E-state index in [0.29, 0.717) is 17.5 Å². The number of aldehydes is 1. The SMILES string of the molecule is Cc1cc(C)c(-c2cc(C)c(F)c([C@@H](C)CC=O)c2)c(C)c1. The van der Waals surface area contributed by atoms with Crippen LogP contribution in [0.4, 0.5) is 4.39 Å². The first-order chi connectivity index (χ1) is 10.3. The van der Waals surface area contributed by atoms with Crippen LogP contribution in [0.15, 0.2) is 24.3 Å². The Morgan fingerprint density at radius 2 is 1.59 bits per heavy atom. The molecule has 0 saturated heterocycles. The lowest BCUT2D eigenvalue weighted by Crippen LogP contribution is -2.02. The van der Waals surface area contributed by atoms with E-state index in [-0.39, 0.29) is 11.7 Å². The van der Waals surface area contributed by atoms with Gasteiger partial charge in [-0.15, -0.1) is 0 Å². The molecule has 1 atom stereocenters. The van der Waals surface area contributed by atoms with Crippen LogP contribution in [0.25, 0.3) is 11.1 Å². The molecule has 2 aromatic rings. The maximum atomic E-state index is 14.4. The average Bonchev–Trinajstić information content (AvgIpc) is 2.41. The van der Waals surface area contributed by atoms with Crippen LogP contribution in [0, 0.1) is 33.5 Å². The summed E-state index contributed by atoms with van der Waals surface area (Å²) in [6.07, 6.45) is 1.19. The largest absolute Gasteiger partial charge is 0.303 e. The van der Waals surface area contributed by atoms with E-state index in [4.69, 9.17) is 0 Å². The van der Waals surface area contributed by atoms with Crippen molar-refractivity contribution in [3.8, 4) is 11.1 Å². The molecule has 0 aliphatic carbocycles. The average molecular weight is 298 g/mol. The monoisotopic (exact) mass is 298 g/mol. The van der Waals surface area contributed by atoms with Gasteiger partial charge in [-0.1, -0.05) is 24.6 Å². The fourth-order valence-electron chi connectivity index (χ4n) is 3.21. The van der Waals surface area contributed by atoms with Crippen LogP contribution in [0.3, 0.4) is 0 Å². The Kier molecular flexibility index (Phi) is 4.80. The van der Waals surface area contributed by atoms with Crippen LogP contribution in [-0.2, 0) is 4.79 Å². The number of carbonyl (C=O) groups excluding carboxylic acids is 1. The van der Waals surface area contributed by atoms with Crippen molar-refractivity contribution in [2.75, 3.05) is 0 Å². The second-order valence-electron chi connectivity index (χ2n) is 6.27. The zero-order valence-corrected chi connectivity index (χ0v) is 14.0. The zero-order chi connectivity index (χ0) is 16.4. The molecule has 116 valence electrons. The minimum Gasteiger partial charge on any atom is -0.303 e. The number of carbonyl (C=O) groups is 1. The smallest absolute Gasteiger partial charge is 0.129 e. The van der Waals surface area contributed by atoms with E-state index in [0.717, 1.165) is 17.4 Å². The fraction of sp³-hybridized carbons (Fsp3) is 0.350. The lowest BCUT2D eigenvalue weighted by Gasteiger charge is -2.17. The molecule has 0 N–H and O–H groups in total. The summed E-state index contributed by atoms with van der Waals surface area (Å²) < 4.78 is 14.4. The third-order valence-electron chi connectivity index (χ3n) is 4.23. The number of aryl methyl sites for hydroxylation is 4. The summed E-state index contributed by atoms with van der Waals surface area (Å²) >= 11 is 0. The first-order valence-electron chi connectivity index (χ1n) is 7.67. The van der Waals surface area contributed by atoms with Gasteiger partial charge in [0.15, 0.2) is 0 Å². The number of halogens is 1. The van der Waals surface area contributed by atoms with E-state index in [9.17, 15) is 9.18 Å². The highest BCUT2D eigenvalue weighted by Crippen LogP contribution is 2.33. The van der Waals surface area contributed by atoms with Gasteiger partial charge in [-0.25, -0.2) is 4.39 Å². The van der Waals surface area contributed by atoms with Gasteiger partial charge in [0, 0.05) is 6.42 Å². The van der Waals surface area contributed by atoms with Gasteiger partial charge in [-0.3, -0.25) is 0 Å². The second-order valence-corrected chi connectivity index (χ2v) is 6.27. The van der Waals surface area contributed by atoms with Gasteiger partial charge in [-0.2, -0.15) is 0 Å². The number of hydrogen-bond donors (Lipinski definition) is 0. The minimum atomic E-state index is -0.194. The Hall–Kier alpha value is -1.96. The van der Waals surface area contributed by atoms with Gasteiger partial charge in [0.1, 0.15) is 12.1 Å². The summed E-state index contributed by atoms with van der Waals surface area (Å²) in [5, 5.41) is 0. The Balaban J connectivity index is 2.65. The molecule has 0 radical (unpaired) electrons. The minimum absolute atomic E-state index is 0.109. The summed E-state index contributed by atoms with van der Waals surface area (Å²) in [6, 6.07) is 8.10. The van der Waals surface area contributed by atoms with Gasteiger partial charge < -0.3 is 4.79 Å². The second kappa shape index (κ2) is 6.43. The summed E-state index contributed by atoms with van der Waals surface area (Å²) in [7, 11) is 0. The van der Waals surface area contributed by atoms with Crippen molar-refractivity contribution >= 4 is 6.29 Å². The van der Waals surface area contributed by atoms with Crippen molar-refractivity contribution in [1.82, 2.24) is 0 Å². The van der Waals surface area contributed by atoms with E-state index in [2.05, 4.69) is 32.9 Å². The van der Waals surface area contributed by atoms with Gasteiger partial charge in [-0.05, 0) is 79.1 Å². The molecule has 0 amide bonds. The molecule has 0 aliphatic heterocycles. The van der Waals surface area contributed by atoms with E-state index in [1.165, 1.54) is 16.7 Å². The third kappa shape index (κ3) is 3.11. The molecule has 2 aromatic carbocycles. The van der Waals surface area contributed by atoms with Crippen LogP contribution < -0.4 is 0 Å². The molecular formula is C20H23FO. The molecule has 0 saturated carbocycles. The topological polar surface area (TPSA) is 17.1 Å². The normalized spacial score (nSPS) is 12.3. The highest BCUT2D eigenvalue weighted by molar-refractivity contribution is 5.73. The maximum Gasteiger partial charge on any atom is 0.129 e.